The van der Waals surface area contributed by atoms with Gasteiger partial charge in [0.2, 0.25) is 0 Å². The third-order valence-electron chi connectivity index (χ3n) is 2.19. The van der Waals surface area contributed by atoms with Gasteiger partial charge in [0.05, 0.1) is 10.7 Å². The summed E-state index contributed by atoms with van der Waals surface area (Å²) in [5, 5.41) is 2.76. The molecule has 2 rings (SSSR count). The van der Waals surface area contributed by atoms with Crippen molar-refractivity contribution in [2.75, 3.05) is 11.1 Å². The summed E-state index contributed by atoms with van der Waals surface area (Å²) in [6.45, 7) is 0. The first-order chi connectivity index (χ1) is 8.06. The molecule has 17 heavy (non-hydrogen) atoms. The molecule has 5 heteroatoms. The van der Waals surface area contributed by atoms with Crippen LogP contribution in [0, 0.1) is 11.6 Å². The van der Waals surface area contributed by atoms with Crippen LogP contribution < -0.4 is 11.1 Å². The quantitative estimate of drug-likeness (QED) is 0.797. The van der Waals surface area contributed by atoms with Gasteiger partial charge in [0.15, 0.2) is 0 Å². The summed E-state index contributed by atoms with van der Waals surface area (Å²) in [4.78, 5) is 0. The Kier molecular flexibility index (Phi) is 3.15. The third kappa shape index (κ3) is 2.65. The standard InChI is InChI=1S/C12H9ClF2N2/c13-9-3-2-8(6-10(9)14)17-12-4-1-7(16)5-11(12)15/h1-6,17H,16H2. The van der Waals surface area contributed by atoms with E-state index >= 15 is 0 Å². The second-order valence-electron chi connectivity index (χ2n) is 3.49. The highest BCUT2D eigenvalue weighted by molar-refractivity contribution is 6.30. The van der Waals surface area contributed by atoms with E-state index < -0.39 is 11.6 Å². The highest BCUT2D eigenvalue weighted by atomic mass is 35.5. The van der Waals surface area contributed by atoms with E-state index in [1.807, 2.05) is 0 Å². The summed E-state index contributed by atoms with van der Waals surface area (Å²) in [6, 6.07) is 8.37. The van der Waals surface area contributed by atoms with Crippen molar-refractivity contribution < 1.29 is 8.78 Å². The molecule has 88 valence electrons. The molecule has 0 aliphatic rings. The zero-order valence-corrected chi connectivity index (χ0v) is 9.43. The first-order valence-corrected chi connectivity index (χ1v) is 5.21. The van der Waals surface area contributed by atoms with E-state index in [-0.39, 0.29) is 10.7 Å². The normalized spacial score (nSPS) is 10.3. The van der Waals surface area contributed by atoms with Gasteiger partial charge >= 0.3 is 0 Å². The maximum Gasteiger partial charge on any atom is 0.148 e. The van der Waals surface area contributed by atoms with Crippen molar-refractivity contribution in [1.82, 2.24) is 0 Å². The van der Waals surface area contributed by atoms with Gasteiger partial charge in [-0.15, -0.1) is 0 Å². The van der Waals surface area contributed by atoms with Crippen molar-refractivity contribution in [3.8, 4) is 0 Å². The highest BCUT2D eigenvalue weighted by Crippen LogP contribution is 2.24. The molecule has 0 fully saturated rings. The molecule has 3 N–H and O–H groups in total. The van der Waals surface area contributed by atoms with Crippen LogP contribution in [0.5, 0.6) is 0 Å². The minimum Gasteiger partial charge on any atom is -0.399 e. The Balaban J connectivity index is 2.28. The molecule has 2 nitrogen and oxygen atoms in total. The lowest BCUT2D eigenvalue weighted by Crippen LogP contribution is -1.96. The van der Waals surface area contributed by atoms with Gasteiger partial charge in [0.25, 0.3) is 0 Å². The van der Waals surface area contributed by atoms with Crippen molar-refractivity contribution in [3.05, 3.63) is 53.1 Å². The van der Waals surface area contributed by atoms with Crippen LogP contribution >= 0.6 is 11.6 Å². The van der Waals surface area contributed by atoms with Gasteiger partial charge in [0.1, 0.15) is 11.6 Å². The molecule has 2 aromatic carbocycles. The summed E-state index contributed by atoms with van der Waals surface area (Å²) in [5.74, 6) is -1.06. The van der Waals surface area contributed by atoms with E-state index in [2.05, 4.69) is 5.32 Å². The molecule has 0 heterocycles. The molecule has 0 saturated carbocycles. The molecule has 0 unspecified atom stereocenters. The zero-order valence-electron chi connectivity index (χ0n) is 8.68. The van der Waals surface area contributed by atoms with E-state index in [9.17, 15) is 8.78 Å². The number of nitrogens with two attached hydrogens (primary N) is 1. The number of hydrogen-bond acceptors (Lipinski definition) is 2. The Hall–Kier alpha value is -1.81. The number of hydrogen-bond donors (Lipinski definition) is 2. The molecule has 0 saturated heterocycles. The number of rotatable bonds is 2. The SMILES string of the molecule is Nc1ccc(Nc2ccc(Cl)c(F)c2)c(F)c1. The lowest BCUT2D eigenvalue weighted by Gasteiger charge is -2.08. The summed E-state index contributed by atoms with van der Waals surface area (Å²) in [5.41, 5.74) is 6.38. The molecular weight excluding hydrogens is 246 g/mol. The number of benzene rings is 2. The molecule has 2 aromatic rings. The minimum atomic E-state index is -0.562. The Morgan fingerprint density at radius 1 is 1.00 bits per heavy atom. The molecule has 0 atom stereocenters. The van der Waals surface area contributed by atoms with E-state index in [4.69, 9.17) is 17.3 Å². The van der Waals surface area contributed by atoms with Gasteiger partial charge in [-0.2, -0.15) is 0 Å². The minimum absolute atomic E-state index is 0.0216. The maximum atomic E-state index is 13.5. The topological polar surface area (TPSA) is 38.0 Å². The largest absolute Gasteiger partial charge is 0.399 e. The fourth-order valence-electron chi connectivity index (χ4n) is 1.36. The Labute approximate surface area is 102 Å². The Morgan fingerprint density at radius 3 is 2.41 bits per heavy atom. The monoisotopic (exact) mass is 254 g/mol. The van der Waals surface area contributed by atoms with E-state index in [0.717, 1.165) is 0 Å². The van der Waals surface area contributed by atoms with Gasteiger partial charge in [-0.25, -0.2) is 8.78 Å². The fourth-order valence-corrected chi connectivity index (χ4v) is 1.48. The third-order valence-corrected chi connectivity index (χ3v) is 2.50. The summed E-state index contributed by atoms with van der Waals surface area (Å²) >= 11 is 5.54. The first-order valence-electron chi connectivity index (χ1n) is 4.83. The average Bonchev–Trinajstić information content (AvgIpc) is 2.27. The van der Waals surface area contributed by atoms with E-state index in [1.54, 1.807) is 12.1 Å². The molecule has 0 bridgehead atoms. The van der Waals surface area contributed by atoms with Gasteiger partial charge in [-0.1, -0.05) is 11.6 Å². The van der Waals surface area contributed by atoms with Crippen LogP contribution in [0.1, 0.15) is 0 Å². The van der Waals surface area contributed by atoms with Crippen LogP contribution in [-0.4, -0.2) is 0 Å². The van der Waals surface area contributed by atoms with Crippen LogP contribution in [-0.2, 0) is 0 Å². The molecule has 0 radical (unpaired) electrons. The molecule has 0 aliphatic carbocycles. The van der Waals surface area contributed by atoms with E-state index in [1.165, 1.54) is 24.3 Å². The molecule has 0 aliphatic heterocycles. The van der Waals surface area contributed by atoms with Gasteiger partial charge in [0, 0.05) is 11.4 Å². The fraction of sp³-hybridized carbons (Fsp3) is 0. The van der Waals surface area contributed by atoms with Gasteiger partial charge in [-0.3, -0.25) is 0 Å². The van der Waals surface area contributed by atoms with Crippen molar-refractivity contribution in [1.29, 1.82) is 0 Å². The number of nitrogen functional groups attached to an aromatic ring is 1. The van der Waals surface area contributed by atoms with Gasteiger partial charge in [-0.05, 0) is 36.4 Å². The number of nitrogens with one attached hydrogen (secondary N) is 1. The lowest BCUT2D eigenvalue weighted by atomic mass is 10.2. The number of anilines is 3. The van der Waals surface area contributed by atoms with Crippen molar-refractivity contribution in [2.24, 2.45) is 0 Å². The molecule has 0 amide bonds. The van der Waals surface area contributed by atoms with Crippen molar-refractivity contribution >= 4 is 28.7 Å². The second-order valence-corrected chi connectivity index (χ2v) is 3.90. The highest BCUT2D eigenvalue weighted by Gasteiger charge is 2.05. The maximum absolute atomic E-state index is 13.5. The average molecular weight is 255 g/mol. The first kappa shape index (κ1) is 11.7. The van der Waals surface area contributed by atoms with Gasteiger partial charge < -0.3 is 11.1 Å². The lowest BCUT2D eigenvalue weighted by molar-refractivity contribution is 0.627. The summed E-state index contributed by atoms with van der Waals surface area (Å²) in [6.07, 6.45) is 0. The van der Waals surface area contributed by atoms with Crippen LogP contribution in [0.15, 0.2) is 36.4 Å². The molecular formula is C12H9ClF2N2. The van der Waals surface area contributed by atoms with E-state index in [0.29, 0.717) is 11.4 Å². The Bertz CT molecular complexity index is 558. The second kappa shape index (κ2) is 4.59. The van der Waals surface area contributed by atoms with Crippen LogP contribution in [0.4, 0.5) is 25.8 Å². The summed E-state index contributed by atoms with van der Waals surface area (Å²) < 4.78 is 26.6. The summed E-state index contributed by atoms with van der Waals surface area (Å²) in [7, 11) is 0. The smallest absolute Gasteiger partial charge is 0.148 e. The Morgan fingerprint density at radius 2 is 1.76 bits per heavy atom. The molecule has 0 spiro atoms. The molecule has 0 aromatic heterocycles. The zero-order chi connectivity index (χ0) is 12.4. The van der Waals surface area contributed by atoms with Crippen molar-refractivity contribution in [2.45, 2.75) is 0 Å². The van der Waals surface area contributed by atoms with Crippen molar-refractivity contribution in [3.63, 3.8) is 0 Å². The number of halogens is 3. The predicted octanol–water partition coefficient (Wildman–Crippen LogP) is 3.94. The van der Waals surface area contributed by atoms with Crippen LogP contribution in [0.3, 0.4) is 0 Å². The van der Waals surface area contributed by atoms with Crippen LogP contribution in [0.25, 0.3) is 0 Å². The van der Waals surface area contributed by atoms with Crippen LogP contribution in [0.2, 0.25) is 5.02 Å². The predicted molar refractivity (Wildman–Crippen MR) is 65.5 cm³/mol.